The third-order valence-corrected chi connectivity index (χ3v) is 7.15. The lowest BCUT2D eigenvalue weighted by Crippen LogP contribution is -1.97. The molecule has 0 saturated carbocycles. The van der Waals surface area contributed by atoms with Crippen molar-refractivity contribution >= 4 is 40.6 Å². The van der Waals surface area contributed by atoms with Crippen LogP contribution >= 0.6 is 40.6 Å². The first-order valence-corrected chi connectivity index (χ1v) is 18.9. The number of alkyl halides is 1. The van der Waals surface area contributed by atoms with Gasteiger partial charge in [0.25, 0.3) is 0 Å². The molecule has 0 aromatic heterocycles. The van der Waals surface area contributed by atoms with Gasteiger partial charge in [-0.2, -0.15) is 0 Å². The van der Waals surface area contributed by atoms with E-state index in [1.54, 1.807) is 26.7 Å². The summed E-state index contributed by atoms with van der Waals surface area (Å²) in [6.07, 6.45) is 1.43. The molecular formula is C14H37ClO8P4. The molecule has 0 aliphatic carbocycles. The van der Waals surface area contributed by atoms with Crippen LogP contribution in [0.3, 0.4) is 0 Å². The highest BCUT2D eigenvalue weighted by molar-refractivity contribution is 7.63. The van der Waals surface area contributed by atoms with Crippen molar-refractivity contribution in [2.75, 3.05) is 71.3 Å². The van der Waals surface area contributed by atoms with Crippen LogP contribution in [0.1, 0.15) is 19.8 Å². The molecule has 0 spiro atoms. The Balaban J connectivity index is -0.000000334. The van der Waals surface area contributed by atoms with Crippen LogP contribution in [0.4, 0.5) is 0 Å². The number of unbranched alkanes of at least 4 members (excludes halogenated alkanes) is 1. The van der Waals surface area contributed by atoms with Gasteiger partial charge < -0.3 is 28.4 Å². The largest absolute Gasteiger partial charge is 0.386 e. The molecule has 0 bridgehead atoms. The predicted molar refractivity (Wildman–Crippen MR) is 118 cm³/mol. The van der Waals surface area contributed by atoms with Crippen molar-refractivity contribution in [1.82, 2.24) is 0 Å². The lowest BCUT2D eigenvalue weighted by molar-refractivity contribution is 0.215. The van der Waals surface area contributed by atoms with E-state index in [9.17, 15) is 18.3 Å². The Morgan fingerprint density at radius 2 is 1.33 bits per heavy atom. The summed E-state index contributed by atoms with van der Waals surface area (Å²) in [4.78, 5) is 8.76. The van der Waals surface area contributed by atoms with Gasteiger partial charge in [0.05, 0.1) is 25.7 Å². The maximum Gasteiger partial charge on any atom is 0.224 e. The second-order valence-corrected chi connectivity index (χ2v) is 19.6. The fraction of sp³-hybridized carbons (Fsp3) is 1.00. The van der Waals surface area contributed by atoms with Crippen molar-refractivity contribution in [1.29, 1.82) is 0 Å². The molecule has 0 fully saturated rings. The smallest absolute Gasteiger partial charge is 0.224 e. The Labute approximate surface area is 169 Å². The Kier molecular flexibility index (Phi) is 19.2. The van der Waals surface area contributed by atoms with Gasteiger partial charge in [0.2, 0.25) is 14.7 Å². The zero-order valence-electron chi connectivity index (χ0n) is 17.5. The van der Waals surface area contributed by atoms with E-state index in [1.807, 2.05) is 6.92 Å². The van der Waals surface area contributed by atoms with Crippen molar-refractivity contribution < 1.29 is 37.5 Å². The van der Waals surface area contributed by atoms with Gasteiger partial charge in [0.15, 0.2) is 0 Å². The second kappa shape index (κ2) is 15.8. The van der Waals surface area contributed by atoms with Crippen molar-refractivity contribution in [2.45, 2.75) is 19.8 Å². The summed E-state index contributed by atoms with van der Waals surface area (Å²) in [6.45, 7) is 11.7. The molecule has 0 rings (SSSR count). The van der Waals surface area contributed by atoms with Crippen LogP contribution in [-0.2, 0) is 27.5 Å². The summed E-state index contributed by atoms with van der Waals surface area (Å²) in [5, 5.41) is 8.51. The predicted octanol–water partition coefficient (Wildman–Crippen LogP) is 4.91. The minimum Gasteiger partial charge on any atom is -0.386 e. The van der Waals surface area contributed by atoms with Gasteiger partial charge in [-0.05, 0) is 33.1 Å². The van der Waals surface area contributed by atoms with E-state index >= 15 is 0 Å². The second-order valence-electron chi connectivity index (χ2n) is 7.12. The standard InChI is InChI=1S/C6H15O3P.C5H14O4P2.C3H8ClOP/c1-3-4-5-9-10(2,8)6-7;1-10(2,6)4-9-5-11(3,7)8;1-6(2,5)3-4/h7H,3-6H2,1-2H3;4-5H2,1-3H3,(H,7,8);3H2,1-2H3. The van der Waals surface area contributed by atoms with Crippen molar-refractivity contribution in [3.8, 4) is 0 Å². The highest BCUT2D eigenvalue weighted by Crippen LogP contribution is 2.41. The van der Waals surface area contributed by atoms with Crippen LogP contribution in [0.5, 0.6) is 0 Å². The summed E-state index contributed by atoms with van der Waals surface area (Å²) in [6, 6.07) is 0. The third-order valence-electron chi connectivity index (χ3n) is 2.14. The van der Waals surface area contributed by atoms with Gasteiger partial charge in [-0.3, -0.25) is 9.13 Å². The summed E-state index contributed by atoms with van der Waals surface area (Å²) in [5.74, 6) is 0. The Hall–Kier alpha value is 1.05. The van der Waals surface area contributed by atoms with Crippen LogP contribution < -0.4 is 0 Å². The molecule has 0 aromatic rings. The van der Waals surface area contributed by atoms with E-state index in [1.165, 1.54) is 13.3 Å². The molecule has 0 heterocycles. The highest BCUT2D eigenvalue weighted by atomic mass is 35.5. The molecular weight excluding hydrogens is 455 g/mol. The highest BCUT2D eigenvalue weighted by Gasteiger charge is 2.13. The van der Waals surface area contributed by atoms with E-state index in [0.717, 1.165) is 12.8 Å². The van der Waals surface area contributed by atoms with Crippen LogP contribution in [0.25, 0.3) is 0 Å². The molecule has 2 atom stereocenters. The van der Waals surface area contributed by atoms with Gasteiger partial charge in [-0.15, -0.1) is 11.6 Å². The molecule has 0 radical (unpaired) electrons. The number of aliphatic hydroxyl groups excluding tert-OH is 1. The number of rotatable bonds is 10. The van der Waals surface area contributed by atoms with Crippen molar-refractivity contribution in [3.63, 3.8) is 0 Å². The van der Waals surface area contributed by atoms with E-state index in [4.69, 9.17) is 30.9 Å². The number of aliphatic hydroxyl groups is 1. The topological polar surface area (TPSA) is 127 Å². The van der Waals surface area contributed by atoms with E-state index in [2.05, 4.69) is 0 Å². The molecule has 2 N–H and O–H groups in total. The quantitative estimate of drug-likeness (QED) is 0.250. The number of hydrogen-bond acceptors (Lipinski definition) is 7. The monoisotopic (exact) mass is 492 g/mol. The maximum absolute atomic E-state index is 11.0. The minimum absolute atomic E-state index is 0.0748. The fourth-order valence-corrected chi connectivity index (χ4v) is 2.57. The molecule has 0 aromatic carbocycles. The van der Waals surface area contributed by atoms with E-state index < -0.39 is 29.0 Å². The van der Waals surface area contributed by atoms with Gasteiger partial charge in [-0.1, -0.05) is 13.3 Å². The Bertz CT molecular complexity index is 529. The summed E-state index contributed by atoms with van der Waals surface area (Å²) >= 11 is 5.21. The van der Waals surface area contributed by atoms with Crippen LogP contribution in [0, 0.1) is 0 Å². The summed E-state index contributed by atoms with van der Waals surface area (Å²) in [7, 11) is -9.83. The SMILES string of the molecule is CCCCOP(C)(=O)CO.CP(C)(=O)CCl.CP(C)(=O)COCP(C)(=O)O. The van der Waals surface area contributed by atoms with Gasteiger partial charge >= 0.3 is 0 Å². The number of hydrogen-bond donors (Lipinski definition) is 2. The zero-order chi connectivity index (χ0) is 22.4. The molecule has 27 heavy (non-hydrogen) atoms. The molecule has 0 aliphatic rings. The fourth-order valence-electron chi connectivity index (χ4n) is 0.873. The van der Waals surface area contributed by atoms with E-state index in [0.29, 0.717) is 12.2 Å². The number of halogens is 1. The average molecular weight is 493 g/mol. The minimum atomic E-state index is -3.10. The molecule has 2 unspecified atom stereocenters. The van der Waals surface area contributed by atoms with Gasteiger partial charge in [-0.25, -0.2) is 0 Å². The third kappa shape index (κ3) is 38.3. The molecule has 168 valence electrons. The Morgan fingerprint density at radius 1 is 0.889 bits per heavy atom. The molecule has 0 aliphatic heterocycles. The van der Waals surface area contributed by atoms with Gasteiger partial charge in [0.1, 0.15) is 19.8 Å². The maximum atomic E-state index is 11.0. The lowest BCUT2D eigenvalue weighted by Gasteiger charge is -2.09. The van der Waals surface area contributed by atoms with Crippen LogP contribution in [-0.4, -0.2) is 81.3 Å². The van der Waals surface area contributed by atoms with Crippen molar-refractivity contribution in [2.24, 2.45) is 0 Å². The Morgan fingerprint density at radius 3 is 1.59 bits per heavy atom. The molecule has 0 saturated heterocycles. The first kappa shape index (κ1) is 32.7. The lowest BCUT2D eigenvalue weighted by atomic mass is 10.4. The van der Waals surface area contributed by atoms with E-state index in [-0.39, 0.29) is 19.0 Å². The molecule has 13 heteroatoms. The first-order chi connectivity index (χ1) is 11.9. The normalized spacial score (nSPS) is 16.1. The van der Waals surface area contributed by atoms with Crippen LogP contribution in [0.15, 0.2) is 0 Å². The first-order valence-electron chi connectivity index (χ1n) is 8.22. The zero-order valence-corrected chi connectivity index (χ0v) is 21.8. The van der Waals surface area contributed by atoms with Gasteiger partial charge in [0, 0.05) is 13.3 Å². The van der Waals surface area contributed by atoms with Crippen LogP contribution in [0.2, 0.25) is 0 Å². The summed E-state index contributed by atoms with van der Waals surface area (Å²) < 4.78 is 52.8. The average Bonchev–Trinajstić information content (AvgIpc) is 2.45. The van der Waals surface area contributed by atoms with Crippen molar-refractivity contribution in [3.05, 3.63) is 0 Å². The molecule has 8 nitrogen and oxygen atoms in total. The summed E-state index contributed by atoms with van der Waals surface area (Å²) in [5.41, 5.74) is 0.299. The molecule has 0 amide bonds. The number of ether oxygens (including phenoxy) is 1.